The number of carbonyl (C=O) groups excluding carboxylic acids is 2. The van der Waals surface area contributed by atoms with Gasteiger partial charge in [0.25, 0.3) is 0 Å². The van der Waals surface area contributed by atoms with Crippen molar-refractivity contribution >= 4 is 11.8 Å². The van der Waals surface area contributed by atoms with Crippen molar-refractivity contribution in [3.05, 3.63) is 0 Å². The molecule has 10 aliphatic rings. The van der Waals surface area contributed by atoms with E-state index in [0.29, 0.717) is 0 Å². The Morgan fingerprint density at radius 3 is 0.829 bits per heavy atom. The minimum absolute atomic E-state index is 0.782. The number of hydrogen-bond donors (Lipinski definition) is 32. The second-order valence-corrected chi connectivity index (χ2v) is 29.5. The lowest BCUT2D eigenvalue weighted by Crippen LogP contribution is -2.70. The molecule has 0 spiro atoms. The highest BCUT2D eigenvalue weighted by Gasteiger charge is 2.62. The summed E-state index contributed by atoms with van der Waals surface area (Å²) < 4.78 is 111. The maximum absolute atomic E-state index is 12.9. The summed E-state index contributed by atoms with van der Waals surface area (Å²) in [5, 5.41) is 337. The van der Waals surface area contributed by atoms with Gasteiger partial charge in [0.1, 0.15) is 244 Å². The van der Waals surface area contributed by atoms with E-state index in [1.165, 1.54) is 0 Å². The minimum atomic E-state index is -2.55. The number of nitrogens with one attached hydrogen (secondary N) is 2. The quantitative estimate of drug-likeness (QED) is 0.0318. The molecule has 10 fully saturated rings. The van der Waals surface area contributed by atoms with Crippen LogP contribution >= 0.6 is 0 Å². The van der Waals surface area contributed by atoms with Gasteiger partial charge in [0.05, 0.1) is 66.1 Å². The Bertz CT molecular complexity index is 3050. The van der Waals surface area contributed by atoms with E-state index in [9.17, 15) is 163 Å². The van der Waals surface area contributed by atoms with Crippen LogP contribution in [0.3, 0.4) is 0 Å². The van der Waals surface area contributed by atoms with Crippen molar-refractivity contribution < 1.29 is 253 Å². The molecular formula is C64H108N2O51. The van der Waals surface area contributed by atoms with Gasteiger partial charge in [-0.2, -0.15) is 0 Å². The normalized spacial score (nSPS) is 51.5. The molecule has 0 aromatic heterocycles. The Balaban J connectivity index is 0.921. The van der Waals surface area contributed by atoms with Crippen LogP contribution < -0.4 is 10.6 Å². The highest BCUT2D eigenvalue weighted by molar-refractivity contribution is 5.73. The Hall–Kier alpha value is -3.02. The van der Waals surface area contributed by atoms with Crippen LogP contribution in [0.25, 0.3) is 0 Å². The molecule has 0 aliphatic carbocycles. The SMILES string of the molecule is CC(=O)N[C@@H]1[C@@H](O)[C@H](O[C@@H]2O[C@H](CO)[C@@H](O[C@@H]3O[C@H](CO[C@H]4O[C@H](CO)[C@@H](O)[C@H](O)[C@@H]4O)[C@@H](O)[C@H](O[C@H]4O[C@H](CO)[C@@H](O)[C@H](O)[C@@H]4O[C@H]4O[C@H](CO)[C@@H](O)[C@H](O)[C@@H]4O[C@H]4O[C@H](CO)[C@@H](O)[C@H](O[C@H]5O[C@H](CO)[C@@H](O)[C@H](O[C@H]6O[C@H](CO)[C@@H](O)[C@H](O)[C@H]6O[C@H]6O[C@H](CO)[C@@H](O)[C@H](O)[C@H]6O)[C@H]5O)[C@@H]4O)[C@@H]3O)[C@H](O)[C@H]2NC(C)=O)[C@@H](CO)O[C@@H]1O. The highest BCUT2D eigenvalue weighted by atomic mass is 16.8. The van der Waals surface area contributed by atoms with Gasteiger partial charge < -0.3 is 254 Å². The molecule has 0 aromatic rings. The topological polar surface area (TPSA) is 840 Å². The Labute approximate surface area is 660 Å². The van der Waals surface area contributed by atoms with Crippen LogP contribution in [0.15, 0.2) is 0 Å². The third-order valence-electron chi connectivity index (χ3n) is 21.7. The van der Waals surface area contributed by atoms with Gasteiger partial charge >= 0.3 is 0 Å². The van der Waals surface area contributed by atoms with Crippen molar-refractivity contribution in [2.45, 2.75) is 321 Å². The lowest BCUT2D eigenvalue weighted by atomic mass is 9.94. The van der Waals surface area contributed by atoms with Crippen LogP contribution in [0.1, 0.15) is 13.8 Å². The van der Waals surface area contributed by atoms with Gasteiger partial charge in [0.2, 0.25) is 11.8 Å². The summed E-state index contributed by atoms with van der Waals surface area (Å²) in [6.07, 6.45) is -103. The number of amides is 2. The van der Waals surface area contributed by atoms with Crippen LogP contribution in [-0.4, -0.2) is 538 Å². The van der Waals surface area contributed by atoms with Crippen molar-refractivity contribution in [1.29, 1.82) is 0 Å². The zero-order valence-electron chi connectivity index (χ0n) is 61.9. The van der Waals surface area contributed by atoms with Gasteiger partial charge in [-0.15, -0.1) is 0 Å². The van der Waals surface area contributed by atoms with Gasteiger partial charge in [-0.1, -0.05) is 0 Å². The zero-order valence-corrected chi connectivity index (χ0v) is 61.9. The fraction of sp³-hybridized carbons (Fsp3) is 0.969. The summed E-state index contributed by atoms with van der Waals surface area (Å²) in [4.78, 5) is 25.0. The summed E-state index contributed by atoms with van der Waals surface area (Å²) in [7, 11) is 0. The summed E-state index contributed by atoms with van der Waals surface area (Å²) >= 11 is 0. The van der Waals surface area contributed by atoms with Gasteiger partial charge in [-0.25, -0.2) is 0 Å². The van der Waals surface area contributed by atoms with Crippen LogP contribution in [-0.2, 0) is 99.6 Å². The molecule has 0 aromatic carbocycles. The molecule has 32 N–H and O–H groups in total. The van der Waals surface area contributed by atoms with Crippen molar-refractivity contribution in [2.75, 3.05) is 66.1 Å². The molecule has 53 heteroatoms. The predicted molar refractivity (Wildman–Crippen MR) is 353 cm³/mol. The summed E-state index contributed by atoms with van der Waals surface area (Å²) in [5.74, 6) is -1.71. The van der Waals surface area contributed by atoms with Crippen molar-refractivity contribution in [3.8, 4) is 0 Å². The van der Waals surface area contributed by atoms with E-state index in [4.69, 9.17) is 90.0 Å². The van der Waals surface area contributed by atoms with Crippen LogP contribution in [0.2, 0.25) is 0 Å². The van der Waals surface area contributed by atoms with E-state index in [2.05, 4.69) is 10.6 Å². The molecule has 10 saturated heterocycles. The largest absolute Gasteiger partial charge is 0.394 e. The predicted octanol–water partition coefficient (Wildman–Crippen LogP) is -22.5. The van der Waals surface area contributed by atoms with Crippen molar-refractivity contribution in [2.24, 2.45) is 0 Å². The molecule has 117 heavy (non-hydrogen) atoms. The molecule has 10 aliphatic heterocycles. The first-order valence-electron chi connectivity index (χ1n) is 37.2. The van der Waals surface area contributed by atoms with E-state index in [1.54, 1.807) is 0 Å². The fourth-order valence-electron chi connectivity index (χ4n) is 15.1. The first-order chi connectivity index (χ1) is 55.5. The fourth-order valence-corrected chi connectivity index (χ4v) is 15.1. The van der Waals surface area contributed by atoms with E-state index >= 15 is 0 Å². The van der Waals surface area contributed by atoms with Crippen molar-refractivity contribution in [1.82, 2.24) is 10.6 Å². The van der Waals surface area contributed by atoms with Crippen LogP contribution in [0.4, 0.5) is 0 Å². The number of rotatable bonds is 30. The van der Waals surface area contributed by atoms with Gasteiger partial charge in [-0.05, 0) is 0 Å². The second kappa shape index (κ2) is 41.9. The smallest absolute Gasteiger partial charge is 0.217 e. The lowest BCUT2D eigenvalue weighted by molar-refractivity contribution is -0.413. The molecular weight excluding hydrogens is 1610 g/mol. The summed E-state index contributed by atoms with van der Waals surface area (Å²) in [5.41, 5.74) is 0. The number of hydrogen-bond acceptors (Lipinski definition) is 51. The lowest BCUT2D eigenvalue weighted by Gasteiger charge is -2.51. The monoisotopic (exact) mass is 1720 g/mol. The van der Waals surface area contributed by atoms with E-state index in [0.717, 1.165) is 13.8 Å². The average molecular weight is 1720 g/mol. The molecule has 53 nitrogen and oxygen atoms in total. The standard InChI is InChI=1S/C64H108N2O51/c1-13(76)65-25-35(86)47(22(10-74)100-55(25)98)110-56-26(66-14(2)77)36(87)48(23(11-75)108-56)111-61-46(97)51(34(85)24(109-61)12-99-57-42(93)37(88)27(78)15(3-67)101-57)114-63-54(41(92)31(82)18(6-70)106-63)117-64-53(40(91)30(81)19(7-71)107-64)116-60-44(95)49(32(83)20(8-72)104-60)112-59-45(96)50(33(84)21(9-73)103-59)113-62-52(39(90)29(80)17(5-69)105-62)115-58-43(94)38(89)28(79)16(4-68)102-58/h15-64,67-75,78-98H,3-12H2,1-2H3,(H,65,76)(H,66,77)/t15-,16-,17-,18-,19-,20-,21-,22-,23-,24-,25-,26-,27-,28-,29-,30-,31-,32-,33-,34-,35-,36-,37+,38+,39+,40+,41+,42+,43-,44+,45-,46+,47-,48-,49+,50+,51+,52-,53+,54+,55+,56+,57+,58-,59-,60-,61+,62-,63-,64-/m1/s1. The molecule has 2 amide bonds. The number of aliphatic hydroxyl groups is 30. The number of aliphatic hydroxyl groups excluding tert-OH is 30. The van der Waals surface area contributed by atoms with Crippen molar-refractivity contribution in [3.63, 3.8) is 0 Å². The zero-order chi connectivity index (χ0) is 85.9. The van der Waals surface area contributed by atoms with E-state index < -0.39 is 385 Å². The summed E-state index contributed by atoms with van der Waals surface area (Å²) in [6, 6.07) is -3.53. The molecule has 10 rings (SSSR count). The Morgan fingerprint density at radius 2 is 0.462 bits per heavy atom. The van der Waals surface area contributed by atoms with Crippen LogP contribution in [0.5, 0.6) is 0 Å². The average Bonchev–Trinajstić information content (AvgIpc) is 0.769. The third-order valence-corrected chi connectivity index (χ3v) is 21.7. The summed E-state index contributed by atoms with van der Waals surface area (Å²) in [6.45, 7) is -9.16. The van der Waals surface area contributed by atoms with Gasteiger partial charge in [0.15, 0.2) is 62.9 Å². The molecule has 680 valence electrons. The van der Waals surface area contributed by atoms with E-state index in [-0.39, 0.29) is 0 Å². The number of carbonyl (C=O) groups is 2. The maximum Gasteiger partial charge on any atom is 0.217 e. The molecule has 10 heterocycles. The first kappa shape index (κ1) is 96.2. The van der Waals surface area contributed by atoms with Gasteiger partial charge in [0, 0.05) is 13.8 Å². The maximum atomic E-state index is 12.9. The minimum Gasteiger partial charge on any atom is -0.394 e. The van der Waals surface area contributed by atoms with Crippen LogP contribution in [0, 0.1) is 0 Å². The molecule has 0 radical (unpaired) electrons. The second-order valence-electron chi connectivity index (χ2n) is 29.5. The Morgan fingerprint density at radius 1 is 0.222 bits per heavy atom. The third kappa shape index (κ3) is 20.6. The number of ether oxygens (including phenoxy) is 19. The van der Waals surface area contributed by atoms with E-state index in [1.807, 2.05) is 0 Å². The first-order valence-corrected chi connectivity index (χ1v) is 37.2. The molecule has 0 bridgehead atoms. The molecule has 0 saturated carbocycles. The van der Waals surface area contributed by atoms with Gasteiger partial charge in [-0.3, -0.25) is 9.59 Å². The Kier molecular flexibility index (Phi) is 34.4. The highest BCUT2D eigenvalue weighted by Crippen LogP contribution is 2.41. The molecule has 0 unspecified atom stereocenters. The molecule has 50 atom stereocenters.